The van der Waals surface area contributed by atoms with E-state index in [1.165, 1.54) is 32.1 Å². The predicted octanol–water partition coefficient (Wildman–Crippen LogP) is 0.480. The van der Waals surface area contributed by atoms with Crippen molar-refractivity contribution >= 4 is 81.2 Å². The first-order valence-electron chi connectivity index (χ1n) is 7.54. The molecule has 0 rings (SSSR count). The number of hydrogen-bond acceptors (Lipinski definition) is 5. The van der Waals surface area contributed by atoms with Crippen molar-refractivity contribution in [1.82, 2.24) is 0 Å². The van der Waals surface area contributed by atoms with Crippen molar-refractivity contribution in [3.63, 3.8) is 0 Å². The molecule has 1 atom stereocenters. The Bertz CT molecular complexity index is 440. The van der Waals surface area contributed by atoms with Crippen LogP contribution >= 0.6 is 0 Å². The molecule has 0 aliphatic carbocycles. The van der Waals surface area contributed by atoms with Crippen LogP contribution in [-0.4, -0.2) is 111 Å². The van der Waals surface area contributed by atoms with E-state index in [-0.39, 0.29) is 59.1 Å². The number of unbranched alkanes of at least 4 members (excludes halogenated alkanes) is 4. The van der Waals surface area contributed by atoms with Crippen LogP contribution in [-0.2, 0) is 19.7 Å². The molecule has 0 saturated carbocycles. The van der Waals surface area contributed by atoms with Gasteiger partial charge in [0.1, 0.15) is 0 Å². The summed E-state index contributed by atoms with van der Waals surface area (Å²) >= 11 is 0. The summed E-state index contributed by atoms with van der Waals surface area (Å²) in [6.07, 6.45) is 6.40. The van der Waals surface area contributed by atoms with Gasteiger partial charge in [-0.05, 0) is 12.3 Å². The van der Waals surface area contributed by atoms with Crippen molar-refractivity contribution in [1.29, 1.82) is 0 Å². The fourth-order valence-corrected chi connectivity index (χ4v) is 2.28. The predicted molar refractivity (Wildman–Crippen MR) is 99.1 cm³/mol. The van der Waals surface area contributed by atoms with Crippen molar-refractivity contribution in [3.05, 3.63) is 0 Å². The van der Waals surface area contributed by atoms with Gasteiger partial charge in [-0.2, -0.15) is 8.42 Å². The van der Waals surface area contributed by atoms with Crippen LogP contribution in [0.15, 0.2) is 0 Å². The van der Waals surface area contributed by atoms with Gasteiger partial charge >= 0.3 is 71.1 Å². The Morgan fingerprint density at radius 2 is 1.36 bits per heavy atom. The number of carboxylic acids is 2. The summed E-state index contributed by atoms with van der Waals surface area (Å²) in [6.45, 7) is 4.91. The van der Waals surface area contributed by atoms with E-state index in [1.807, 2.05) is 0 Å². The maximum atomic E-state index is 10.2. The summed E-state index contributed by atoms with van der Waals surface area (Å²) in [4.78, 5) is 20.0. The average Bonchev–Trinajstić information content (AvgIpc) is 2.39. The Kier molecular flexibility index (Phi) is 26.1. The Labute approximate surface area is 194 Å². The first-order chi connectivity index (χ1) is 10.5. The minimum absolute atomic E-state index is 0. The van der Waals surface area contributed by atoms with Crippen LogP contribution in [0.3, 0.4) is 0 Å². The van der Waals surface area contributed by atoms with Crippen LogP contribution in [0.2, 0.25) is 0 Å². The third-order valence-corrected chi connectivity index (χ3v) is 4.02. The van der Waals surface area contributed by atoms with Crippen molar-refractivity contribution < 1.29 is 37.9 Å². The SMILES string of the molecule is CC(C)CCCCCCCO.O=C(O)CC(C(=O)O)S(=O)(=O)O.[NaH].[NaH]. The van der Waals surface area contributed by atoms with E-state index >= 15 is 0 Å². The molecule has 0 bridgehead atoms. The van der Waals surface area contributed by atoms with Gasteiger partial charge < -0.3 is 15.3 Å². The van der Waals surface area contributed by atoms with E-state index in [1.54, 1.807) is 0 Å². The normalized spacial score (nSPS) is 11.4. The minimum atomic E-state index is -4.84. The molecule has 25 heavy (non-hydrogen) atoms. The van der Waals surface area contributed by atoms with Gasteiger partial charge in [0.15, 0.2) is 5.25 Å². The zero-order valence-corrected chi connectivity index (χ0v) is 14.5. The molecule has 0 fully saturated rings. The molecular weight excluding hydrogens is 374 g/mol. The molecule has 0 heterocycles. The Hall–Kier alpha value is 0.810. The van der Waals surface area contributed by atoms with Gasteiger partial charge in [0, 0.05) is 6.61 Å². The van der Waals surface area contributed by atoms with E-state index in [0.717, 1.165) is 12.3 Å². The number of hydrogen-bond donors (Lipinski definition) is 4. The molecule has 0 aliphatic heterocycles. The monoisotopic (exact) mass is 404 g/mol. The fourth-order valence-electron chi connectivity index (χ4n) is 1.67. The molecule has 8 nitrogen and oxygen atoms in total. The molecule has 11 heteroatoms. The van der Waals surface area contributed by atoms with E-state index in [0.29, 0.717) is 6.61 Å². The van der Waals surface area contributed by atoms with Crippen LogP contribution in [0.5, 0.6) is 0 Å². The summed E-state index contributed by atoms with van der Waals surface area (Å²) in [5.41, 5.74) is 0. The first kappa shape index (κ1) is 33.4. The van der Waals surface area contributed by atoms with Crippen LogP contribution in [0.25, 0.3) is 0 Å². The molecule has 0 spiro atoms. The maximum absolute atomic E-state index is 10.2. The van der Waals surface area contributed by atoms with Crippen molar-refractivity contribution in [2.45, 2.75) is 64.0 Å². The summed E-state index contributed by atoms with van der Waals surface area (Å²) in [6, 6.07) is 0. The molecule has 0 amide bonds. The summed E-state index contributed by atoms with van der Waals surface area (Å²) < 4.78 is 28.7. The molecule has 0 aromatic heterocycles. The topological polar surface area (TPSA) is 149 Å². The molecular formula is C14H30Na2O8S. The molecule has 1 unspecified atom stereocenters. The van der Waals surface area contributed by atoms with Gasteiger partial charge in [-0.15, -0.1) is 0 Å². The molecule has 0 aromatic carbocycles. The van der Waals surface area contributed by atoms with Gasteiger partial charge in [0.05, 0.1) is 6.42 Å². The van der Waals surface area contributed by atoms with Crippen molar-refractivity contribution in [2.24, 2.45) is 5.92 Å². The molecule has 0 aliphatic rings. The van der Waals surface area contributed by atoms with Crippen LogP contribution < -0.4 is 0 Å². The number of aliphatic hydroxyl groups is 1. The van der Waals surface area contributed by atoms with Gasteiger partial charge in [-0.3, -0.25) is 14.1 Å². The van der Waals surface area contributed by atoms with E-state index in [2.05, 4.69) is 13.8 Å². The second-order valence-corrected chi connectivity index (χ2v) is 7.21. The van der Waals surface area contributed by atoms with Crippen molar-refractivity contribution in [2.75, 3.05) is 6.61 Å². The number of aliphatic hydroxyl groups excluding tert-OH is 1. The van der Waals surface area contributed by atoms with Gasteiger partial charge in [-0.25, -0.2) is 0 Å². The second-order valence-electron chi connectivity index (χ2n) is 5.61. The van der Waals surface area contributed by atoms with E-state index in [4.69, 9.17) is 19.9 Å². The van der Waals surface area contributed by atoms with E-state index < -0.39 is 33.7 Å². The second kappa shape index (κ2) is 19.6. The number of carboxylic acid groups (broad SMARTS) is 2. The zero-order valence-electron chi connectivity index (χ0n) is 13.6. The molecule has 0 aromatic rings. The number of aliphatic carboxylic acids is 2. The molecule has 0 saturated heterocycles. The standard InChI is InChI=1S/C10H22O.C4H6O7S.2Na.2H/c1-10(2)8-6-4-3-5-7-9-11;5-3(6)1-2(4(7)8)12(9,10)11;;;;/h10-11H,3-9H2,1-2H3;2H,1H2,(H,5,6)(H,7,8)(H,9,10,11);;;;. The first-order valence-corrected chi connectivity index (χ1v) is 9.04. The van der Waals surface area contributed by atoms with Gasteiger partial charge in [0.2, 0.25) is 0 Å². The number of rotatable bonds is 11. The summed E-state index contributed by atoms with van der Waals surface area (Å²) in [5, 5.41) is 22.4. The van der Waals surface area contributed by atoms with Gasteiger partial charge in [-0.1, -0.05) is 46.0 Å². The zero-order chi connectivity index (χ0) is 18.5. The van der Waals surface area contributed by atoms with Crippen molar-refractivity contribution in [3.8, 4) is 0 Å². The number of carbonyl (C=O) groups is 2. The van der Waals surface area contributed by atoms with Crippen LogP contribution in [0.4, 0.5) is 0 Å². The van der Waals surface area contributed by atoms with Gasteiger partial charge in [0.25, 0.3) is 10.1 Å². The Balaban J connectivity index is -0.000000164. The average molecular weight is 404 g/mol. The molecule has 4 N–H and O–H groups in total. The van der Waals surface area contributed by atoms with Crippen LogP contribution in [0.1, 0.15) is 58.8 Å². The third-order valence-electron chi connectivity index (χ3n) is 2.93. The van der Waals surface area contributed by atoms with Crippen LogP contribution in [0, 0.1) is 5.92 Å². The fraction of sp³-hybridized carbons (Fsp3) is 0.857. The molecule has 142 valence electrons. The third kappa shape index (κ3) is 24.8. The Morgan fingerprint density at radius 3 is 1.64 bits per heavy atom. The molecule has 0 radical (unpaired) electrons. The summed E-state index contributed by atoms with van der Waals surface area (Å²) in [7, 11) is -4.84. The Morgan fingerprint density at radius 1 is 0.920 bits per heavy atom. The van der Waals surface area contributed by atoms with E-state index in [9.17, 15) is 18.0 Å². The summed E-state index contributed by atoms with van der Waals surface area (Å²) in [5.74, 6) is -2.65. The quantitative estimate of drug-likeness (QED) is 0.221.